The number of guanidine groups is 1. The van der Waals surface area contributed by atoms with Crippen LogP contribution < -0.4 is 16.8 Å². The van der Waals surface area contributed by atoms with Gasteiger partial charge in [-0.2, -0.15) is 0 Å². The summed E-state index contributed by atoms with van der Waals surface area (Å²) in [6.07, 6.45) is 1.47. The van der Waals surface area contributed by atoms with Crippen molar-refractivity contribution in [3.8, 4) is 0 Å². The fourth-order valence-corrected chi connectivity index (χ4v) is 1.13. The Labute approximate surface area is 69.7 Å². The lowest BCUT2D eigenvalue weighted by Crippen LogP contribution is -2.56. The minimum Gasteiger partial charge on any atom is -0.380 e. The van der Waals surface area contributed by atoms with Crippen LogP contribution in [0.2, 0.25) is 0 Å². The van der Waals surface area contributed by atoms with Gasteiger partial charge in [0.2, 0.25) is 5.79 Å². The van der Waals surface area contributed by atoms with E-state index in [-0.39, 0.29) is 5.92 Å². The molecule has 1 unspecified atom stereocenters. The number of ether oxygens (including phenoxy) is 1. The van der Waals surface area contributed by atoms with Gasteiger partial charge in [-0.05, 0) is 0 Å². The van der Waals surface area contributed by atoms with Crippen molar-refractivity contribution >= 4 is 12.3 Å². The van der Waals surface area contributed by atoms with Gasteiger partial charge in [-0.3, -0.25) is 5.73 Å². The Hall–Kier alpha value is -1.14. The summed E-state index contributed by atoms with van der Waals surface area (Å²) in [4.78, 5) is 8.05. The maximum Gasteiger partial charge on any atom is 0.214 e. The van der Waals surface area contributed by atoms with E-state index in [0.717, 1.165) is 0 Å². The van der Waals surface area contributed by atoms with E-state index in [1.807, 2.05) is 0 Å². The summed E-state index contributed by atoms with van der Waals surface area (Å²) >= 11 is 0. The highest BCUT2D eigenvalue weighted by atomic mass is 16.5. The Bertz CT molecular complexity index is 246. The van der Waals surface area contributed by atoms with Crippen LogP contribution in [0.25, 0.3) is 0 Å². The SMILES string of the molecule is NC1=NC(N)(C2COC2)N=CN1. The molecule has 66 valence electrons. The maximum atomic E-state index is 5.87. The largest absolute Gasteiger partial charge is 0.380 e. The quantitative estimate of drug-likeness (QED) is 0.431. The molecule has 1 atom stereocenters. The zero-order valence-corrected chi connectivity index (χ0v) is 6.53. The molecule has 2 rings (SSSR count). The lowest BCUT2D eigenvalue weighted by Gasteiger charge is -2.37. The molecule has 0 saturated carbocycles. The zero-order chi connectivity index (χ0) is 8.60. The number of nitrogens with one attached hydrogen (secondary N) is 1. The molecule has 0 radical (unpaired) electrons. The highest BCUT2D eigenvalue weighted by molar-refractivity contribution is 5.90. The van der Waals surface area contributed by atoms with E-state index in [1.54, 1.807) is 0 Å². The first kappa shape index (κ1) is 7.51. The van der Waals surface area contributed by atoms with Gasteiger partial charge in [-0.1, -0.05) is 0 Å². The summed E-state index contributed by atoms with van der Waals surface area (Å²) in [5.74, 6) is -0.457. The second-order valence-corrected chi connectivity index (χ2v) is 2.92. The van der Waals surface area contributed by atoms with Gasteiger partial charge in [0.05, 0.1) is 25.5 Å². The molecule has 1 fully saturated rings. The van der Waals surface area contributed by atoms with Crippen molar-refractivity contribution in [1.82, 2.24) is 5.32 Å². The second kappa shape index (κ2) is 2.43. The van der Waals surface area contributed by atoms with Gasteiger partial charge < -0.3 is 15.8 Å². The molecule has 0 aromatic heterocycles. The van der Waals surface area contributed by atoms with Crippen LogP contribution in [-0.4, -0.2) is 31.3 Å². The predicted octanol–water partition coefficient (Wildman–Crippen LogP) is -1.81. The number of hydrogen-bond acceptors (Lipinski definition) is 6. The molecule has 1 saturated heterocycles. The van der Waals surface area contributed by atoms with Gasteiger partial charge in [-0.15, -0.1) is 0 Å². The van der Waals surface area contributed by atoms with Crippen molar-refractivity contribution < 1.29 is 4.74 Å². The molecule has 0 amide bonds. The summed E-state index contributed by atoms with van der Waals surface area (Å²) in [5.41, 5.74) is 11.3. The van der Waals surface area contributed by atoms with Crippen molar-refractivity contribution in [3.63, 3.8) is 0 Å². The fraction of sp³-hybridized carbons (Fsp3) is 0.667. The molecule has 0 aromatic carbocycles. The van der Waals surface area contributed by atoms with Gasteiger partial charge >= 0.3 is 0 Å². The Kier molecular flexibility index (Phi) is 1.52. The monoisotopic (exact) mass is 169 g/mol. The van der Waals surface area contributed by atoms with Crippen molar-refractivity contribution in [3.05, 3.63) is 0 Å². The zero-order valence-electron chi connectivity index (χ0n) is 6.53. The van der Waals surface area contributed by atoms with Crippen molar-refractivity contribution in [1.29, 1.82) is 0 Å². The van der Waals surface area contributed by atoms with E-state index in [0.29, 0.717) is 19.2 Å². The fourth-order valence-electron chi connectivity index (χ4n) is 1.13. The first-order valence-electron chi connectivity index (χ1n) is 3.73. The summed E-state index contributed by atoms with van der Waals surface area (Å²) in [6, 6.07) is 0. The van der Waals surface area contributed by atoms with Crippen LogP contribution in [-0.2, 0) is 4.74 Å². The average molecular weight is 169 g/mol. The Morgan fingerprint density at radius 3 is 2.92 bits per heavy atom. The highest BCUT2D eigenvalue weighted by Gasteiger charge is 2.40. The van der Waals surface area contributed by atoms with Crippen LogP contribution in [0.4, 0.5) is 0 Å². The van der Waals surface area contributed by atoms with Crippen LogP contribution in [0.5, 0.6) is 0 Å². The number of rotatable bonds is 1. The number of hydrogen-bond donors (Lipinski definition) is 3. The molecule has 6 heteroatoms. The summed E-state index contributed by atoms with van der Waals surface area (Å²) in [7, 11) is 0. The standard InChI is InChI=1S/C6H11N5O/c7-5-9-3-10-6(8,11-5)4-1-12-2-4/h3-4H,1-2,8H2,(H3,7,9,10,11). The van der Waals surface area contributed by atoms with Crippen molar-refractivity contribution in [2.75, 3.05) is 13.2 Å². The third kappa shape index (κ3) is 1.05. The lowest BCUT2D eigenvalue weighted by atomic mass is 10.00. The molecule has 0 aliphatic carbocycles. The number of nitrogens with zero attached hydrogens (tertiary/aromatic N) is 2. The third-order valence-corrected chi connectivity index (χ3v) is 2.02. The predicted molar refractivity (Wildman–Crippen MR) is 44.5 cm³/mol. The molecule has 0 aromatic rings. The first-order valence-corrected chi connectivity index (χ1v) is 3.73. The van der Waals surface area contributed by atoms with Crippen LogP contribution in [0.3, 0.4) is 0 Å². The molecular formula is C6H11N5O. The topological polar surface area (TPSA) is 98.0 Å². The maximum absolute atomic E-state index is 5.87. The number of nitrogens with two attached hydrogens (primary N) is 2. The summed E-state index contributed by atoms with van der Waals surface area (Å²) in [6.45, 7) is 1.20. The van der Waals surface area contributed by atoms with Gasteiger partial charge in [0.15, 0.2) is 5.96 Å². The van der Waals surface area contributed by atoms with E-state index in [1.165, 1.54) is 6.34 Å². The molecule has 2 heterocycles. The van der Waals surface area contributed by atoms with Crippen LogP contribution in [0.1, 0.15) is 0 Å². The molecule has 6 nitrogen and oxygen atoms in total. The van der Waals surface area contributed by atoms with Crippen LogP contribution in [0, 0.1) is 5.92 Å². The third-order valence-electron chi connectivity index (χ3n) is 2.02. The molecule has 5 N–H and O–H groups in total. The van der Waals surface area contributed by atoms with Crippen molar-refractivity contribution in [2.24, 2.45) is 27.4 Å². The molecule has 12 heavy (non-hydrogen) atoms. The average Bonchev–Trinajstić information content (AvgIpc) is 1.79. The molecule has 0 spiro atoms. The van der Waals surface area contributed by atoms with Crippen LogP contribution in [0.15, 0.2) is 9.98 Å². The van der Waals surface area contributed by atoms with E-state index in [9.17, 15) is 0 Å². The minimum absolute atomic E-state index is 0.148. The molecular weight excluding hydrogens is 158 g/mol. The van der Waals surface area contributed by atoms with E-state index in [4.69, 9.17) is 16.2 Å². The van der Waals surface area contributed by atoms with E-state index in [2.05, 4.69) is 15.3 Å². The van der Waals surface area contributed by atoms with Gasteiger partial charge in [0.1, 0.15) is 0 Å². The van der Waals surface area contributed by atoms with Crippen LogP contribution >= 0.6 is 0 Å². The molecule has 2 aliphatic heterocycles. The first-order chi connectivity index (χ1) is 5.71. The molecule has 0 bridgehead atoms. The smallest absolute Gasteiger partial charge is 0.214 e. The summed E-state index contributed by atoms with van der Waals surface area (Å²) in [5, 5.41) is 2.66. The van der Waals surface area contributed by atoms with E-state index < -0.39 is 5.79 Å². The van der Waals surface area contributed by atoms with Crippen molar-refractivity contribution in [2.45, 2.75) is 5.79 Å². The number of aliphatic imine (C=N–C) groups is 2. The normalized spacial score (nSPS) is 35.2. The Morgan fingerprint density at radius 2 is 2.42 bits per heavy atom. The minimum atomic E-state index is -0.909. The van der Waals surface area contributed by atoms with Gasteiger partial charge in [-0.25, -0.2) is 9.98 Å². The summed E-state index contributed by atoms with van der Waals surface area (Å²) < 4.78 is 5.00. The highest BCUT2D eigenvalue weighted by Crippen LogP contribution is 2.25. The molecule has 2 aliphatic rings. The van der Waals surface area contributed by atoms with Gasteiger partial charge in [0, 0.05) is 0 Å². The van der Waals surface area contributed by atoms with E-state index >= 15 is 0 Å². The lowest BCUT2D eigenvalue weighted by molar-refractivity contribution is -0.0660. The second-order valence-electron chi connectivity index (χ2n) is 2.92. The van der Waals surface area contributed by atoms with Gasteiger partial charge in [0.25, 0.3) is 0 Å². The Balaban J connectivity index is 2.17. The Morgan fingerprint density at radius 1 is 1.67 bits per heavy atom.